The van der Waals surface area contributed by atoms with Crippen molar-refractivity contribution in [2.45, 2.75) is 48.4 Å². The van der Waals surface area contributed by atoms with Gasteiger partial charge in [0.25, 0.3) is 0 Å². The molecule has 1 saturated heterocycles. The molecule has 0 aromatic heterocycles. The first-order valence-electron chi connectivity index (χ1n) is 4.80. The molecule has 0 aromatic carbocycles. The summed E-state index contributed by atoms with van der Waals surface area (Å²) in [7, 11) is 0. The van der Waals surface area contributed by atoms with Crippen molar-refractivity contribution in [3.05, 3.63) is 0 Å². The van der Waals surface area contributed by atoms with Crippen LogP contribution in [0.3, 0.4) is 0 Å². The van der Waals surface area contributed by atoms with Crippen LogP contribution < -0.4 is 0 Å². The lowest BCUT2D eigenvalue weighted by Gasteiger charge is -2.49. The summed E-state index contributed by atoms with van der Waals surface area (Å²) in [6.07, 6.45) is 2.46. The summed E-state index contributed by atoms with van der Waals surface area (Å²) in [5.74, 6) is 0. The van der Waals surface area contributed by atoms with Crippen LogP contribution in [-0.2, 0) is 4.74 Å². The van der Waals surface area contributed by atoms with Gasteiger partial charge >= 0.3 is 0 Å². The summed E-state index contributed by atoms with van der Waals surface area (Å²) in [5, 5.41) is 0. The van der Waals surface area contributed by atoms with Gasteiger partial charge in [0, 0.05) is 4.83 Å². The molecule has 1 saturated carbocycles. The molecule has 76 valence electrons. The van der Waals surface area contributed by atoms with Crippen molar-refractivity contribution in [1.82, 2.24) is 0 Å². The predicted molar refractivity (Wildman–Crippen MR) is 61.7 cm³/mol. The van der Waals surface area contributed by atoms with Gasteiger partial charge in [-0.3, -0.25) is 0 Å². The minimum Gasteiger partial charge on any atom is -0.367 e. The average Bonchev–Trinajstić information content (AvgIpc) is 2.77. The molecule has 0 amide bonds. The minimum absolute atomic E-state index is 0.0619. The van der Waals surface area contributed by atoms with E-state index in [2.05, 4.69) is 52.6 Å². The Bertz CT molecular complexity index is 231. The molecule has 1 nitrogen and oxygen atoms in total. The molecule has 0 aromatic rings. The molecule has 3 heteroatoms. The Morgan fingerprint density at radius 3 is 2.23 bits per heavy atom. The van der Waals surface area contributed by atoms with Gasteiger partial charge in [0.2, 0.25) is 0 Å². The van der Waals surface area contributed by atoms with Crippen LogP contribution in [0, 0.1) is 5.41 Å². The fraction of sp³-hybridized carbons (Fsp3) is 1.00. The molecular formula is C10H16Br2O. The van der Waals surface area contributed by atoms with E-state index in [4.69, 9.17) is 4.74 Å². The lowest BCUT2D eigenvalue weighted by atomic mass is 9.64. The third kappa shape index (κ3) is 1.19. The van der Waals surface area contributed by atoms with Crippen molar-refractivity contribution in [1.29, 1.82) is 0 Å². The molecule has 2 fully saturated rings. The third-order valence-electron chi connectivity index (χ3n) is 3.93. The maximum absolute atomic E-state index is 5.76. The molecule has 0 bridgehead atoms. The Labute approximate surface area is 96.9 Å². The SMILES string of the molecule is CC1(C)CCC(Br)C(C)(Br)C12CO2. The van der Waals surface area contributed by atoms with E-state index >= 15 is 0 Å². The maximum atomic E-state index is 5.76. The first-order chi connectivity index (χ1) is 5.83. The molecular weight excluding hydrogens is 296 g/mol. The van der Waals surface area contributed by atoms with Gasteiger partial charge in [0.15, 0.2) is 0 Å². The first kappa shape index (κ1) is 10.4. The fourth-order valence-corrected chi connectivity index (χ4v) is 4.21. The van der Waals surface area contributed by atoms with Crippen LogP contribution in [0.4, 0.5) is 0 Å². The van der Waals surface area contributed by atoms with Crippen molar-refractivity contribution in [3.63, 3.8) is 0 Å². The summed E-state index contributed by atoms with van der Waals surface area (Å²) in [5.41, 5.74) is 0.363. The smallest absolute Gasteiger partial charge is 0.113 e. The molecule has 0 radical (unpaired) electrons. The van der Waals surface area contributed by atoms with Gasteiger partial charge in [-0.05, 0) is 25.2 Å². The second kappa shape index (κ2) is 2.73. The second-order valence-corrected chi connectivity index (χ2v) is 7.83. The summed E-state index contributed by atoms with van der Waals surface area (Å²) in [6, 6.07) is 0. The van der Waals surface area contributed by atoms with E-state index in [-0.39, 0.29) is 9.93 Å². The summed E-state index contributed by atoms with van der Waals surface area (Å²) >= 11 is 7.60. The van der Waals surface area contributed by atoms with Crippen molar-refractivity contribution in [2.75, 3.05) is 6.61 Å². The number of alkyl halides is 2. The standard InChI is InChI=1S/C10H16Br2O/c1-8(2)5-4-7(11)9(3,12)10(8)6-13-10/h7H,4-6H2,1-3H3. The molecule has 1 aliphatic heterocycles. The zero-order valence-corrected chi connectivity index (χ0v) is 11.5. The van der Waals surface area contributed by atoms with Crippen LogP contribution in [0.15, 0.2) is 0 Å². The highest BCUT2D eigenvalue weighted by atomic mass is 79.9. The van der Waals surface area contributed by atoms with Gasteiger partial charge in [-0.2, -0.15) is 0 Å². The van der Waals surface area contributed by atoms with E-state index in [0.29, 0.717) is 10.2 Å². The highest BCUT2D eigenvalue weighted by molar-refractivity contribution is 9.12. The highest BCUT2D eigenvalue weighted by Gasteiger charge is 2.69. The van der Waals surface area contributed by atoms with E-state index in [1.54, 1.807) is 0 Å². The van der Waals surface area contributed by atoms with Gasteiger partial charge in [-0.25, -0.2) is 0 Å². The molecule has 1 aliphatic carbocycles. The largest absolute Gasteiger partial charge is 0.367 e. The zero-order chi connectivity index (χ0) is 9.91. The van der Waals surface area contributed by atoms with Crippen LogP contribution in [0.1, 0.15) is 33.6 Å². The highest BCUT2D eigenvalue weighted by Crippen LogP contribution is 2.63. The van der Waals surface area contributed by atoms with Crippen LogP contribution in [0.5, 0.6) is 0 Å². The minimum atomic E-state index is 0.0619. The number of halogens is 2. The van der Waals surface area contributed by atoms with Gasteiger partial charge in [-0.15, -0.1) is 0 Å². The summed E-state index contributed by atoms with van der Waals surface area (Å²) < 4.78 is 5.85. The van der Waals surface area contributed by atoms with Crippen LogP contribution in [-0.4, -0.2) is 21.4 Å². The monoisotopic (exact) mass is 310 g/mol. The van der Waals surface area contributed by atoms with Crippen LogP contribution in [0.25, 0.3) is 0 Å². The predicted octanol–water partition coefficient (Wildman–Crippen LogP) is 3.49. The quantitative estimate of drug-likeness (QED) is 0.493. The fourth-order valence-electron chi connectivity index (χ4n) is 2.62. The molecule has 2 rings (SSSR count). The molecule has 1 spiro atoms. The number of rotatable bonds is 0. The molecule has 0 N–H and O–H groups in total. The Morgan fingerprint density at radius 2 is 1.85 bits per heavy atom. The Hall–Kier alpha value is 0.920. The maximum Gasteiger partial charge on any atom is 0.113 e. The van der Waals surface area contributed by atoms with E-state index < -0.39 is 0 Å². The number of ether oxygens (including phenoxy) is 1. The molecule has 13 heavy (non-hydrogen) atoms. The van der Waals surface area contributed by atoms with E-state index in [1.165, 1.54) is 12.8 Å². The first-order valence-corrected chi connectivity index (χ1v) is 6.51. The van der Waals surface area contributed by atoms with Crippen molar-refractivity contribution in [2.24, 2.45) is 5.41 Å². The Morgan fingerprint density at radius 1 is 1.31 bits per heavy atom. The van der Waals surface area contributed by atoms with E-state index in [1.807, 2.05) is 0 Å². The summed E-state index contributed by atoms with van der Waals surface area (Å²) in [4.78, 5) is 0.524. The second-order valence-electron chi connectivity index (χ2n) is 5.08. The number of hydrogen-bond acceptors (Lipinski definition) is 1. The Kier molecular flexibility index (Phi) is 2.19. The van der Waals surface area contributed by atoms with Crippen LogP contribution in [0.2, 0.25) is 0 Å². The lowest BCUT2D eigenvalue weighted by Crippen LogP contribution is -2.56. The van der Waals surface area contributed by atoms with Gasteiger partial charge in [0.1, 0.15) is 5.60 Å². The Balaban J connectivity index is 2.36. The molecule has 2 aliphatic rings. The lowest BCUT2D eigenvalue weighted by molar-refractivity contribution is 0.0644. The van der Waals surface area contributed by atoms with Crippen molar-refractivity contribution < 1.29 is 4.74 Å². The topological polar surface area (TPSA) is 12.5 Å². The number of epoxide rings is 1. The normalized spacial score (nSPS) is 53.8. The molecule has 1 heterocycles. The van der Waals surface area contributed by atoms with E-state index in [9.17, 15) is 0 Å². The van der Waals surface area contributed by atoms with Crippen molar-refractivity contribution >= 4 is 31.9 Å². The van der Waals surface area contributed by atoms with Gasteiger partial charge in [0.05, 0.1) is 10.9 Å². The van der Waals surface area contributed by atoms with Crippen LogP contribution >= 0.6 is 31.9 Å². The molecule has 3 atom stereocenters. The zero-order valence-electron chi connectivity index (χ0n) is 8.36. The van der Waals surface area contributed by atoms with Gasteiger partial charge < -0.3 is 4.74 Å². The summed E-state index contributed by atoms with van der Waals surface area (Å²) in [6.45, 7) is 7.79. The van der Waals surface area contributed by atoms with E-state index in [0.717, 1.165) is 6.61 Å². The number of hydrogen-bond donors (Lipinski definition) is 0. The average molecular weight is 312 g/mol. The van der Waals surface area contributed by atoms with Gasteiger partial charge in [-0.1, -0.05) is 45.7 Å². The third-order valence-corrected chi connectivity index (χ3v) is 7.11. The van der Waals surface area contributed by atoms with Crippen molar-refractivity contribution in [3.8, 4) is 0 Å². The molecule has 3 unspecified atom stereocenters.